The highest BCUT2D eigenvalue weighted by Gasteiger charge is 2.69. The summed E-state index contributed by atoms with van der Waals surface area (Å²) in [5.74, 6) is -1.03. The SMILES string of the molecule is COc1ccc2c(c1OCCO)O[C@H]1c3c(cc4c(c3Cn3cc5cc[nH]c5c3)CC3(CCCC3)[C@]3(O)[C@H](O4)O[C@H]([C@H](OC(=O)CC(=O)O)C(N)N)[C@@H](O)[C@@H]3O)O[C@H](Cc3ccccc3)[C@@H]21. The maximum Gasteiger partial charge on any atom is 0.317 e. The summed E-state index contributed by atoms with van der Waals surface area (Å²) in [4.78, 5) is 27.4. The first-order valence-corrected chi connectivity index (χ1v) is 22.3. The molecule has 2 aromatic heterocycles. The fraction of sp³-hybridized carbons (Fsp3) is 0.458. The number of carboxylic acids is 1. The van der Waals surface area contributed by atoms with Gasteiger partial charge in [0, 0.05) is 65.1 Å². The topological polar surface area (TPSA) is 273 Å². The van der Waals surface area contributed by atoms with Crippen molar-refractivity contribution in [1.82, 2.24) is 9.55 Å². The maximum absolute atomic E-state index is 13.2. The number of esters is 1. The molecule has 10 N–H and O–H groups in total. The number of aromatic nitrogens is 2. The molecule has 66 heavy (non-hydrogen) atoms. The number of carboxylic acid groups (broad SMARTS) is 1. The predicted molar refractivity (Wildman–Crippen MR) is 233 cm³/mol. The normalized spacial score (nSPS) is 27.3. The minimum atomic E-state index is -2.25. The second-order valence-electron chi connectivity index (χ2n) is 18.1. The van der Waals surface area contributed by atoms with E-state index in [0.717, 1.165) is 33.2 Å². The van der Waals surface area contributed by atoms with Crippen molar-refractivity contribution < 1.29 is 68.3 Å². The minimum absolute atomic E-state index is 0.00127. The lowest BCUT2D eigenvalue weighted by Crippen LogP contribution is -2.75. The number of nitrogens with zero attached hydrogens (tertiary/aromatic N) is 1. The van der Waals surface area contributed by atoms with Gasteiger partial charge in [0.15, 0.2) is 23.2 Å². The van der Waals surface area contributed by atoms with E-state index in [4.69, 9.17) is 44.6 Å². The lowest BCUT2D eigenvalue weighted by Gasteiger charge is -2.55. The van der Waals surface area contributed by atoms with E-state index in [1.54, 1.807) is 13.2 Å². The summed E-state index contributed by atoms with van der Waals surface area (Å²) in [5, 5.41) is 57.4. The molecule has 350 valence electrons. The van der Waals surface area contributed by atoms with Gasteiger partial charge in [0.05, 0.1) is 31.3 Å². The molecule has 3 aromatic carbocycles. The van der Waals surface area contributed by atoms with Crippen molar-refractivity contribution in [3.05, 3.63) is 101 Å². The second-order valence-corrected chi connectivity index (χ2v) is 18.1. The summed E-state index contributed by atoms with van der Waals surface area (Å²) >= 11 is 0. The summed E-state index contributed by atoms with van der Waals surface area (Å²) in [6.07, 6.45) is -3.71. The Morgan fingerprint density at radius 2 is 1.80 bits per heavy atom. The largest absolute Gasteiger partial charge is 0.493 e. The van der Waals surface area contributed by atoms with E-state index < -0.39 is 78.5 Å². The molecule has 6 heterocycles. The molecule has 1 saturated heterocycles. The summed E-state index contributed by atoms with van der Waals surface area (Å²) < 4.78 is 46.9. The molecule has 1 aliphatic carbocycles. The van der Waals surface area contributed by atoms with E-state index in [2.05, 4.69) is 9.55 Å². The van der Waals surface area contributed by atoms with Crippen LogP contribution in [0.25, 0.3) is 10.9 Å². The van der Waals surface area contributed by atoms with Crippen molar-refractivity contribution >= 4 is 22.8 Å². The number of carbonyl (C=O) groups is 2. The summed E-state index contributed by atoms with van der Waals surface area (Å²) in [5.41, 5.74) is 13.8. The van der Waals surface area contributed by atoms with Gasteiger partial charge in [-0.1, -0.05) is 49.2 Å². The Kier molecular flexibility index (Phi) is 11.4. The zero-order valence-corrected chi connectivity index (χ0v) is 36.2. The van der Waals surface area contributed by atoms with Crippen molar-refractivity contribution in [3.63, 3.8) is 0 Å². The van der Waals surface area contributed by atoms with Crippen LogP contribution >= 0.6 is 0 Å². The number of hydrogen-bond donors (Lipinski definition) is 8. The number of rotatable bonds is 13. The first-order valence-electron chi connectivity index (χ1n) is 22.3. The lowest BCUT2D eigenvalue weighted by atomic mass is 9.61. The first kappa shape index (κ1) is 44.0. The molecule has 1 spiro atoms. The average Bonchev–Trinajstić information content (AvgIpc) is 4.10. The van der Waals surface area contributed by atoms with Gasteiger partial charge in [-0.25, -0.2) is 0 Å². The zero-order valence-electron chi connectivity index (χ0n) is 36.2. The van der Waals surface area contributed by atoms with Crippen LogP contribution in [0.4, 0.5) is 0 Å². The molecule has 0 bridgehead atoms. The lowest BCUT2D eigenvalue weighted by molar-refractivity contribution is -0.356. The molecular formula is C48H54N4O14. The summed E-state index contributed by atoms with van der Waals surface area (Å²) in [7, 11) is 1.54. The Morgan fingerprint density at radius 3 is 2.52 bits per heavy atom. The number of aliphatic hydroxyl groups is 4. The number of aliphatic carboxylic acids is 1. The van der Waals surface area contributed by atoms with Crippen LogP contribution in [0.3, 0.4) is 0 Å². The van der Waals surface area contributed by atoms with Crippen molar-refractivity contribution in [1.29, 1.82) is 0 Å². The van der Waals surface area contributed by atoms with Crippen LogP contribution in [0, 0.1) is 5.41 Å². The Bertz CT molecular complexity index is 2600. The van der Waals surface area contributed by atoms with Gasteiger partial charge in [0.25, 0.3) is 0 Å². The fourth-order valence-electron chi connectivity index (χ4n) is 11.3. The van der Waals surface area contributed by atoms with Gasteiger partial charge in [-0.15, -0.1) is 0 Å². The van der Waals surface area contributed by atoms with Crippen LogP contribution in [0.5, 0.6) is 28.7 Å². The van der Waals surface area contributed by atoms with Gasteiger partial charge in [-0.05, 0) is 42.5 Å². The van der Waals surface area contributed by atoms with E-state index in [-0.39, 0.29) is 31.3 Å². The van der Waals surface area contributed by atoms with Gasteiger partial charge < -0.3 is 79.7 Å². The number of nitrogens with one attached hydrogen (secondary N) is 1. The predicted octanol–water partition coefficient (Wildman–Crippen LogP) is 2.92. The maximum atomic E-state index is 13.2. The van der Waals surface area contributed by atoms with E-state index in [1.165, 1.54) is 0 Å². The smallest absolute Gasteiger partial charge is 0.317 e. The van der Waals surface area contributed by atoms with E-state index in [0.29, 0.717) is 67.2 Å². The highest BCUT2D eigenvalue weighted by Crippen LogP contribution is 2.63. The van der Waals surface area contributed by atoms with Crippen molar-refractivity contribution in [2.75, 3.05) is 20.3 Å². The highest BCUT2D eigenvalue weighted by atomic mass is 16.7. The number of ether oxygens (including phenoxy) is 7. The second kappa shape index (κ2) is 17.1. The van der Waals surface area contributed by atoms with Crippen molar-refractivity contribution in [2.45, 2.75) is 112 Å². The number of methoxy groups -OCH3 is 1. The van der Waals surface area contributed by atoms with Crippen LogP contribution in [-0.2, 0) is 38.4 Å². The van der Waals surface area contributed by atoms with Gasteiger partial charge >= 0.3 is 11.9 Å². The van der Waals surface area contributed by atoms with E-state index in [1.807, 2.05) is 67.1 Å². The Balaban J connectivity index is 1.15. The number of aromatic amines is 1. The van der Waals surface area contributed by atoms with Crippen molar-refractivity contribution in [2.24, 2.45) is 16.9 Å². The molecular weight excluding hydrogens is 857 g/mol. The molecule has 9 atom stereocenters. The first-order chi connectivity index (χ1) is 31.8. The van der Waals surface area contributed by atoms with Crippen molar-refractivity contribution in [3.8, 4) is 28.7 Å². The zero-order chi connectivity index (χ0) is 46.1. The number of hydrogen-bond acceptors (Lipinski definition) is 15. The number of fused-ring (bicyclic) bond motifs is 9. The minimum Gasteiger partial charge on any atom is -0.493 e. The number of aliphatic hydroxyl groups excluding tert-OH is 3. The van der Waals surface area contributed by atoms with E-state index >= 15 is 0 Å². The Labute approximate surface area is 378 Å². The number of nitrogens with two attached hydrogens (primary N) is 2. The number of benzene rings is 3. The molecule has 2 fully saturated rings. The highest BCUT2D eigenvalue weighted by molar-refractivity contribution is 5.90. The molecule has 0 unspecified atom stereocenters. The van der Waals surface area contributed by atoms with Crippen LogP contribution in [0.1, 0.15) is 71.9 Å². The third kappa shape index (κ3) is 7.22. The van der Waals surface area contributed by atoms with Gasteiger partial charge in [0.1, 0.15) is 55.0 Å². The van der Waals surface area contributed by atoms with Crippen LogP contribution in [0.2, 0.25) is 0 Å². The molecule has 4 aliphatic heterocycles. The molecule has 18 heteroatoms. The number of H-pyrrole nitrogens is 1. The Morgan fingerprint density at radius 1 is 1.02 bits per heavy atom. The van der Waals surface area contributed by atoms with Crippen LogP contribution in [-0.4, -0.2) is 116 Å². The average molecular weight is 911 g/mol. The van der Waals surface area contributed by atoms with Gasteiger partial charge in [0.2, 0.25) is 12.0 Å². The molecule has 1 saturated carbocycles. The molecule has 0 amide bonds. The van der Waals surface area contributed by atoms with Gasteiger partial charge in [-0.3, -0.25) is 9.59 Å². The third-order valence-corrected chi connectivity index (χ3v) is 14.3. The molecule has 10 rings (SSSR count). The quantitative estimate of drug-likeness (QED) is 0.0479. The summed E-state index contributed by atoms with van der Waals surface area (Å²) in [6.45, 7) is 0.0627. The third-order valence-electron chi connectivity index (χ3n) is 14.3. The van der Waals surface area contributed by atoms with E-state index in [9.17, 15) is 35.1 Å². The van der Waals surface area contributed by atoms with Crippen LogP contribution in [0.15, 0.2) is 73.2 Å². The van der Waals surface area contributed by atoms with Gasteiger partial charge in [-0.2, -0.15) is 0 Å². The van der Waals surface area contributed by atoms with Crippen LogP contribution < -0.4 is 35.2 Å². The molecule has 0 radical (unpaired) electrons. The monoisotopic (exact) mass is 910 g/mol. The number of carbonyl (C=O) groups excluding carboxylic acids is 1. The summed E-state index contributed by atoms with van der Waals surface area (Å²) in [6, 6.07) is 17.5. The fourth-order valence-corrected chi connectivity index (χ4v) is 11.3. The standard InChI is InChI=1S/C48H54N4O14/c1-60-30-10-9-26-36-32(17-24-7-3-2-4-8-24)62-33-18-31-27(28(22-52-21-25-11-14-51-29(25)23-52)37(33)41(36)65-39(26)40(30)61-16-15-53)20-47(12-5-6-13-47)48(59)44(58)38(57)42(66-46(48)63-31)43(45(49)50)64-35(56)19-34(54)55/h2-4,7-11,14,18,21,23,32,36,38,41-46,51,53,57-59H,5-6,12-13,15-17,19-20,22,49-50H2,1H3,(H,54,55)/t32-,36-,38-,41-,42+,43+,44+,46-,48-/m1/s1. The molecule has 5 aromatic rings. The molecule has 5 aliphatic rings. The Hall–Kier alpha value is -5.86. The molecule has 18 nitrogen and oxygen atoms in total.